The molecule has 23 heavy (non-hydrogen) atoms. The molecule has 2 N–H and O–H groups in total. The lowest BCUT2D eigenvalue weighted by molar-refractivity contribution is 0.285. The fourth-order valence-electron chi connectivity index (χ4n) is 2.98. The summed E-state index contributed by atoms with van der Waals surface area (Å²) in [5.74, 6) is 0. The van der Waals surface area contributed by atoms with Gasteiger partial charge >= 0.3 is 0 Å². The molecule has 1 aliphatic rings. The fourth-order valence-corrected chi connectivity index (χ4v) is 2.98. The molecule has 0 unspecified atom stereocenters. The topological polar surface area (TPSA) is 32.5 Å². The van der Waals surface area contributed by atoms with Crippen LogP contribution < -0.4 is 10.6 Å². The highest BCUT2D eigenvalue weighted by Gasteiger charge is 2.15. The van der Waals surface area contributed by atoms with Crippen molar-refractivity contribution in [3.05, 3.63) is 60.2 Å². The lowest BCUT2D eigenvalue weighted by atomic mass is 10.2. The second-order valence-corrected chi connectivity index (χ2v) is 5.70. The molecule has 1 saturated heterocycles. The van der Waals surface area contributed by atoms with Crippen LogP contribution in [0.2, 0.25) is 0 Å². The van der Waals surface area contributed by atoms with Crippen molar-refractivity contribution in [2.75, 3.05) is 36.8 Å². The normalized spacial score (nSPS) is 15.2. The number of halogens is 2. The highest BCUT2D eigenvalue weighted by atomic mass is 35.5. The zero-order chi connectivity index (χ0) is 14.5. The summed E-state index contributed by atoms with van der Waals surface area (Å²) in [4.78, 5) is 5.01. The van der Waals surface area contributed by atoms with Gasteiger partial charge in [0.05, 0.1) is 0 Å². The van der Waals surface area contributed by atoms with Crippen LogP contribution in [0.3, 0.4) is 0 Å². The predicted octanol–water partition coefficient (Wildman–Crippen LogP) is 3.82. The first-order valence-electron chi connectivity index (χ1n) is 7.68. The number of nitrogens with zero attached hydrogens (tertiary/aromatic N) is 2. The van der Waals surface area contributed by atoms with Crippen LogP contribution in [0.5, 0.6) is 0 Å². The molecule has 1 aliphatic heterocycles. The van der Waals surface area contributed by atoms with Crippen molar-refractivity contribution in [2.24, 2.45) is 0 Å². The Kier molecular flexibility index (Phi) is 8.24. The fraction of sp³-hybridized carbons (Fsp3) is 0.333. The Labute approximate surface area is 151 Å². The predicted molar refractivity (Wildman–Crippen MR) is 104 cm³/mol. The Morgan fingerprint density at radius 2 is 1.61 bits per heavy atom. The molecular formula is C18H25Cl2N3. The maximum Gasteiger partial charge on any atom is 0.0366 e. The van der Waals surface area contributed by atoms with E-state index in [4.69, 9.17) is 5.73 Å². The van der Waals surface area contributed by atoms with Gasteiger partial charge in [0.2, 0.25) is 0 Å². The van der Waals surface area contributed by atoms with Gasteiger partial charge in [-0.25, -0.2) is 0 Å². The van der Waals surface area contributed by atoms with Gasteiger partial charge < -0.3 is 10.6 Å². The SMILES string of the molecule is Cl.Cl.Nc1cccc(CN2CCCN(c3ccccc3)CC2)c1. The van der Waals surface area contributed by atoms with Crippen molar-refractivity contribution in [3.63, 3.8) is 0 Å². The zero-order valence-electron chi connectivity index (χ0n) is 13.2. The summed E-state index contributed by atoms with van der Waals surface area (Å²) in [5.41, 5.74) is 9.37. The van der Waals surface area contributed by atoms with E-state index in [1.165, 1.54) is 17.7 Å². The highest BCUT2D eigenvalue weighted by Crippen LogP contribution is 2.17. The van der Waals surface area contributed by atoms with E-state index in [2.05, 4.69) is 52.3 Å². The first-order valence-corrected chi connectivity index (χ1v) is 7.68. The largest absolute Gasteiger partial charge is 0.399 e. The summed E-state index contributed by atoms with van der Waals surface area (Å²) < 4.78 is 0. The van der Waals surface area contributed by atoms with Crippen molar-refractivity contribution in [3.8, 4) is 0 Å². The summed E-state index contributed by atoms with van der Waals surface area (Å²) in [6.07, 6.45) is 1.21. The van der Waals surface area contributed by atoms with E-state index in [1.54, 1.807) is 0 Å². The molecular weight excluding hydrogens is 329 g/mol. The van der Waals surface area contributed by atoms with E-state index in [0.29, 0.717) is 0 Å². The molecule has 3 rings (SSSR count). The van der Waals surface area contributed by atoms with Crippen molar-refractivity contribution < 1.29 is 0 Å². The number of benzene rings is 2. The van der Waals surface area contributed by atoms with Crippen LogP contribution in [-0.2, 0) is 6.54 Å². The molecule has 0 atom stereocenters. The van der Waals surface area contributed by atoms with E-state index in [0.717, 1.165) is 38.4 Å². The van der Waals surface area contributed by atoms with Crippen LogP contribution in [0.25, 0.3) is 0 Å². The van der Waals surface area contributed by atoms with Gasteiger partial charge in [0, 0.05) is 44.1 Å². The molecule has 0 spiro atoms. The van der Waals surface area contributed by atoms with E-state index in [1.807, 2.05) is 12.1 Å². The molecule has 2 aromatic carbocycles. The van der Waals surface area contributed by atoms with Gasteiger partial charge in [-0.1, -0.05) is 30.3 Å². The smallest absolute Gasteiger partial charge is 0.0366 e. The summed E-state index contributed by atoms with van der Waals surface area (Å²) in [7, 11) is 0. The minimum atomic E-state index is 0. The number of hydrogen-bond acceptors (Lipinski definition) is 3. The number of hydrogen-bond donors (Lipinski definition) is 1. The third-order valence-corrected chi connectivity index (χ3v) is 4.07. The van der Waals surface area contributed by atoms with Crippen LogP contribution in [0.1, 0.15) is 12.0 Å². The zero-order valence-corrected chi connectivity index (χ0v) is 14.9. The second kappa shape index (κ2) is 9.66. The summed E-state index contributed by atoms with van der Waals surface area (Å²) >= 11 is 0. The quantitative estimate of drug-likeness (QED) is 0.851. The number of anilines is 2. The molecule has 0 bridgehead atoms. The standard InChI is InChI=1S/C18H23N3.2ClH/c19-17-7-4-6-16(14-17)15-20-10-5-11-21(13-12-20)18-8-2-1-3-9-18;;/h1-4,6-9,14H,5,10-13,15,19H2;2*1H. The number of para-hydroxylation sites is 1. The Morgan fingerprint density at radius 1 is 0.826 bits per heavy atom. The third kappa shape index (κ3) is 5.61. The maximum absolute atomic E-state index is 5.87. The Hall–Kier alpha value is -1.42. The number of rotatable bonds is 3. The average Bonchev–Trinajstić information content (AvgIpc) is 2.74. The monoisotopic (exact) mass is 353 g/mol. The van der Waals surface area contributed by atoms with E-state index in [9.17, 15) is 0 Å². The van der Waals surface area contributed by atoms with Crippen LogP contribution in [0.4, 0.5) is 11.4 Å². The molecule has 2 aromatic rings. The Bertz CT molecular complexity index is 577. The second-order valence-electron chi connectivity index (χ2n) is 5.70. The van der Waals surface area contributed by atoms with Crippen molar-refractivity contribution in [1.29, 1.82) is 0 Å². The summed E-state index contributed by atoms with van der Waals surface area (Å²) in [5, 5.41) is 0. The van der Waals surface area contributed by atoms with E-state index < -0.39 is 0 Å². The minimum Gasteiger partial charge on any atom is -0.399 e. The third-order valence-electron chi connectivity index (χ3n) is 4.07. The van der Waals surface area contributed by atoms with Gasteiger partial charge in [-0.05, 0) is 36.2 Å². The molecule has 0 saturated carbocycles. The molecule has 1 fully saturated rings. The van der Waals surface area contributed by atoms with Crippen LogP contribution >= 0.6 is 24.8 Å². The van der Waals surface area contributed by atoms with Crippen LogP contribution in [0.15, 0.2) is 54.6 Å². The molecule has 5 heteroatoms. The molecule has 0 amide bonds. The molecule has 0 aliphatic carbocycles. The molecule has 1 heterocycles. The minimum absolute atomic E-state index is 0. The molecule has 126 valence electrons. The summed E-state index contributed by atoms with van der Waals surface area (Å²) in [6.45, 7) is 5.47. The van der Waals surface area contributed by atoms with Gasteiger partial charge in [0.25, 0.3) is 0 Å². The van der Waals surface area contributed by atoms with Crippen LogP contribution in [-0.4, -0.2) is 31.1 Å². The van der Waals surface area contributed by atoms with E-state index in [-0.39, 0.29) is 24.8 Å². The van der Waals surface area contributed by atoms with E-state index >= 15 is 0 Å². The van der Waals surface area contributed by atoms with Crippen molar-refractivity contribution >= 4 is 36.2 Å². The lowest BCUT2D eigenvalue weighted by Gasteiger charge is -2.23. The summed E-state index contributed by atoms with van der Waals surface area (Å²) in [6, 6.07) is 18.9. The Morgan fingerprint density at radius 3 is 2.35 bits per heavy atom. The average molecular weight is 354 g/mol. The molecule has 0 radical (unpaired) electrons. The van der Waals surface area contributed by atoms with Gasteiger partial charge in [-0.15, -0.1) is 24.8 Å². The molecule has 3 nitrogen and oxygen atoms in total. The van der Waals surface area contributed by atoms with Gasteiger partial charge in [0.1, 0.15) is 0 Å². The lowest BCUT2D eigenvalue weighted by Crippen LogP contribution is -2.30. The first kappa shape index (κ1) is 19.6. The van der Waals surface area contributed by atoms with Crippen molar-refractivity contribution in [2.45, 2.75) is 13.0 Å². The van der Waals surface area contributed by atoms with Gasteiger partial charge in [-0.3, -0.25) is 4.90 Å². The van der Waals surface area contributed by atoms with Crippen molar-refractivity contribution in [1.82, 2.24) is 4.90 Å². The van der Waals surface area contributed by atoms with Crippen LogP contribution in [0, 0.1) is 0 Å². The number of nitrogens with two attached hydrogens (primary N) is 1. The number of nitrogen functional groups attached to an aromatic ring is 1. The first-order chi connectivity index (χ1) is 10.3. The van der Waals surface area contributed by atoms with Gasteiger partial charge in [0.15, 0.2) is 0 Å². The highest BCUT2D eigenvalue weighted by molar-refractivity contribution is 5.85. The molecule has 0 aromatic heterocycles. The Balaban J connectivity index is 0.00000132. The van der Waals surface area contributed by atoms with Gasteiger partial charge in [-0.2, -0.15) is 0 Å². The maximum atomic E-state index is 5.87.